The number of hydrazine groups is 1. The van der Waals surface area contributed by atoms with Crippen molar-refractivity contribution in [2.24, 2.45) is 5.84 Å². The second-order valence-corrected chi connectivity index (χ2v) is 4.50. The molecule has 98 valence electrons. The fourth-order valence-electron chi connectivity index (χ4n) is 1.47. The molecule has 0 unspecified atom stereocenters. The van der Waals surface area contributed by atoms with Gasteiger partial charge in [0, 0.05) is 11.9 Å². The van der Waals surface area contributed by atoms with Crippen molar-refractivity contribution in [2.75, 3.05) is 10.7 Å². The number of hydrogen-bond donors (Lipinski definition) is 3. The zero-order chi connectivity index (χ0) is 14.5. The Morgan fingerprint density at radius 1 is 1.20 bits per heavy atom. The summed E-state index contributed by atoms with van der Waals surface area (Å²) in [6.07, 6.45) is 1.54. The minimum Gasteiger partial charge on any atom is -0.339 e. The van der Waals surface area contributed by atoms with Crippen LogP contribution in [-0.2, 0) is 0 Å². The number of nitrogens with two attached hydrogens (primary N) is 1. The summed E-state index contributed by atoms with van der Waals surface area (Å²) in [6, 6.07) is 8.75. The predicted molar refractivity (Wildman–Crippen MR) is 76.7 cm³/mol. The van der Waals surface area contributed by atoms with Crippen LogP contribution in [0.4, 0.5) is 17.5 Å². The molecule has 0 atom stereocenters. The van der Waals surface area contributed by atoms with Gasteiger partial charge in [0.15, 0.2) is 0 Å². The molecule has 0 amide bonds. The molecule has 2 rings (SSSR count). The molecule has 0 fully saturated rings. The highest BCUT2D eigenvalue weighted by atomic mass is 79.9. The Balaban J connectivity index is 2.36. The van der Waals surface area contributed by atoms with Gasteiger partial charge in [0.25, 0.3) is 0 Å². The normalized spacial score (nSPS) is 9.40. The fraction of sp³-hybridized carbons (Fsp3) is 0. The van der Waals surface area contributed by atoms with Gasteiger partial charge in [-0.2, -0.15) is 15.5 Å². The van der Waals surface area contributed by atoms with Crippen molar-refractivity contribution in [1.29, 1.82) is 10.5 Å². The molecule has 7 nitrogen and oxygen atoms in total. The van der Waals surface area contributed by atoms with Gasteiger partial charge >= 0.3 is 0 Å². The molecule has 0 radical (unpaired) electrons. The van der Waals surface area contributed by atoms with E-state index in [0.29, 0.717) is 27.1 Å². The number of rotatable bonds is 3. The molecule has 0 bridgehead atoms. The highest BCUT2D eigenvalue weighted by Gasteiger charge is 2.07. The molecule has 1 aromatic carbocycles. The van der Waals surface area contributed by atoms with Crippen LogP contribution < -0.4 is 16.6 Å². The van der Waals surface area contributed by atoms with Crippen molar-refractivity contribution < 1.29 is 0 Å². The zero-order valence-corrected chi connectivity index (χ0v) is 11.6. The number of anilines is 3. The van der Waals surface area contributed by atoms with E-state index in [1.165, 1.54) is 0 Å². The molecule has 0 aliphatic rings. The summed E-state index contributed by atoms with van der Waals surface area (Å²) in [5.41, 5.74) is 3.59. The third-order valence-electron chi connectivity index (χ3n) is 2.40. The smallest absolute Gasteiger partial charge is 0.239 e. The molecule has 0 aliphatic heterocycles. The van der Waals surface area contributed by atoms with Crippen molar-refractivity contribution in [3.8, 4) is 12.1 Å². The van der Waals surface area contributed by atoms with Crippen LogP contribution in [0, 0.1) is 22.7 Å². The van der Waals surface area contributed by atoms with Crippen LogP contribution in [0.25, 0.3) is 0 Å². The molecule has 1 heterocycles. The monoisotopic (exact) mass is 329 g/mol. The van der Waals surface area contributed by atoms with Crippen LogP contribution in [0.15, 0.2) is 28.9 Å². The Kier molecular flexibility index (Phi) is 4.11. The van der Waals surface area contributed by atoms with E-state index in [-0.39, 0.29) is 5.95 Å². The van der Waals surface area contributed by atoms with E-state index in [0.717, 1.165) is 0 Å². The predicted octanol–water partition coefficient (Wildman–Crippen LogP) is 2.01. The van der Waals surface area contributed by atoms with E-state index in [9.17, 15) is 0 Å². The maximum absolute atomic E-state index is 8.99. The molecule has 2 aromatic rings. The van der Waals surface area contributed by atoms with Crippen LogP contribution in [0.1, 0.15) is 11.1 Å². The van der Waals surface area contributed by atoms with Gasteiger partial charge in [0.1, 0.15) is 18.0 Å². The van der Waals surface area contributed by atoms with Crippen LogP contribution in [0.2, 0.25) is 0 Å². The van der Waals surface area contributed by atoms with Crippen LogP contribution in [-0.4, -0.2) is 9.97 Å². The van der Waals surface area contributed by atoms with Gasteiger partial charge in [0.05, 0.1) is 15.6 Å². The zero-order valence-electron chi connectivity index (χ0n) is 10.1. The van der Waals surface area contributed by atoms with E-state index < -0.39 is 0 Å². The van der Waals surface area contributed by atoms with E-state index in [2.05, 4.69) is 36.6 Å². The van der Waals surface area contributed by atoms with Crippen molar-refractivity contribution in [1.82, 2.24) is 9.97 Å². The number of nitrogens with zero attached hydrogens (tertiary/aromatic N) is 4. The summed E-state index contributed by atoms with van der Waals surface area (Å²) < 4.78 is 0.638. The van der Waals surface area contributed by atoms with Gasteiger partial charge < -0.3 is 5.32 Å². The van der Waals surface area contributed by atoms with Crippen LogP contribution >= 0.6 is 15.9 Å². The lowest BCUT2D eigenvalue weighted by atomic mass is 10.1. The van der Waals surface area contributed by atoms with E-state index in [1.807, 2.05) is 12.1 Å². The third kappa shape index (κ3) is 2.83. The lowest BCUT2D eigenvalue weighted by Gasteiger charge is -2.09. The second-order valence-electron chi connectivity index (χ2n) is 3.64. The average Bonchev–Trinajstić information content (AvgIpc) is 2.49. The van der Waals surface area contributed by atoms with Crippen LogP contribution in [0.3, 0.4) is 0 Å². The first-order valence-corrected chi connectivity index (χ1v) is 6.17. The molecular weight excluding hydrogens is 322 g/mol. The van der Waals surface area contributed by atoms with Crippen molar-refractivity contribution in [3.63, 3.8) is 0 Å². The number of nitrogen functional groups attached to an aromatic ring is 1. The minimum atomic E-state index is 0.254. The van der Waals surface area contributed by atoms with Gasteiger partial charge in [-0.3, -0.25) is 5.43 Å². The quantitative estimate of drug-likeness (QED) is 0.581. The lowest BCUT2D eigenvalue weighted by Crippen LogP contribution is -2.11. The number of nitrogens with one attached hydrogen (secondary N) is 2. The summed E-state index contributed by atoms with van der Waals surface area (Å²) in [5.74, 6) is 5.99. The largest absolute Gasteiger partial charge is 0.339 e. The average molecular weight is 330 g/mol. The second kappa shape index (κ2) is 5.97. The summed E-state index contributed by atoms with van der Waals surface area (Å²) in [5, 5.41) is 20.9. The number of aromatic nitrogens is 2. The molecular formula is C12H8BrN7. The molecule has 20 heavy (non-hydrogen) atoms. The SMILES string of the molecule is N#Cc1ccc(Nc2nc(NN)ncc2Br)cc1C#N. The molecule has 1 aromatic heterocycles. The van der Waals surface area contributed by atoms with Crippen molar-refractivity contribution >= 4 is 33.4 Å². The Hall–Kier alpha value is -2.68. The first-order valence-electron chi connectivity index (χ1n) is 5.38. The summed E-state index contributed by atoms with van der Waals surface area (Å²) >= 11 is 3.31. The minimum absolute atomic E-state index is 0.254. The van der Waals surface area contributed by atoms with Gasteiger partial charge in [-0.25, -0.2) is 10.8 Å². The Morgan fingerprint density at radius 3 is 2.60 bits per heavy atom. The highest BCUT2D eigenvalue weighted by molar-refractivity contribution is 9.10. The molecule has 4 N–H and O–H groups in total. The lowest BCUT2D eigenvalue weighted by molar-refractivity contribution is 1.11. The number of benzene rings is 1. The van der Waals surface area contributed by atoms with Crippen molar-refractivity contribution in [3.05, 3.63) is 40.0 Å². The fourth-order valence-corrected chi connectivity index (χ4v) is 1.76. The van der Waals surface area contributed by atoms with Gasteiger partial charge in [-0.05, 0) is 34.1 Å². The molecule has 8 heteroatoms. The third-order valence-corrected chi connectivity index (χ3v) is 2.98. The maximum Gasteiger partial charge on any atom is 0.239 e. The van der Waals surface area contributed by atoms with Gasteiger partial charge in [0.2, 0.25) is 5.95 Å². The highest BCUT2D eigenvalue weighted by Crippen LogP contribution is 2.25. The summed E-state index contributed by atoms with van der Waals surface area (Å²) in [7, 11) is 0. The van der Waals surface area contributed by atoms with E-state index >= 15 is 0 Å². The molecule has 0 spiro atoms. The standard InChI is InChI=1S/C12H8BrN7/c13-10-6-17-12(20-16)19-11(10)18-9-2-1-7(4-14)8(3-9)5-15/h1-3,6H,16H2,(H2,17,18,19,20). The van der Waals surface area contributed by atoms with Gasteiger partial charge in [-0.1, -0.05) is 0 Å². The van der Waals surface area contributed by atoms with E-state index in [4.69, 9.17) is 16.4 Å². The first kappa shape index (κ1) is 13.7. The Labute approximate surface area is 123 Å². The number of hydrogen-bond acceptors (Lipinski definition) is 7. The topological polar surface area (TPSA) is 123 Å². The maximum atomic E-state index is 8.99. The summed E-state index contributed by atoms with van der Waals surface area (Å²) in [6.45, 7) is 0. The van der Waals surface area contributed by atoms with Crippen molar-refractivity contribution in [2.45, 2.75) is 0 Å². The number of halogens is 1. The first-order chi connectivity index (χ1) is 9.67. The number of nitriles is 2. The Bertz CT molecular complexity index is 730. The molecule has 0 saturated carbocycles. The van der Waals surface area contributed by atoms with Crippen LogP contribution in [0.5, 0.6) is 0 Å². The van der Waals surface area contributed by atoms with E-state index in [1.54, 1.807) is 24.4 Å². The molecule has 0 saturated heterocycles. The molecule has 0 aliphatic carbocycles. The Morgan fingerprint density at radius 2 is 1.95 bits per heavy atom. The summed E-state index contributed by atoms with van der Waals surface area (Å²) in [4.78, 5) is 8.06. The van der Waals surface area contributed by atoms with Gasteiger partial charge in [-0.15, -0.1) is 0 Å².